The molecule has 120 valence electrons. The van der Waals surface area contributed by atoms with Crippen molar-refractivity contribution in [3.8, 4) is 5.75 Å². The highest BCUT2D eigenvalue weighted by atomic mass is 32.2. The molecular formula is C18H19NO3S. The summed E-state index contributed by atoms with van der Waals surface area (Å²) in [7, 11) is 1.63. The number of thioether (sulfide) groups is 1. The standard InChI is InChI=1S/C18H19NO3S/c1-22-15-9-7-14(8-10-15)18-19(17(21)12-23-18)11-16(20)13-5-3-2-4-6-13/h2-10,16,18,20H,11-12H2,1H3. The number of methoxy groups -OCH3 is 1. The molecule has 1 fully saturated rings. The van der Waals surface area contributed by atoms with Crippen LogP contribution in [0.25, 0.3) is 0 Å². The maximum absolute atomic E-state index is 12.2. The lowest BCUT2D eigenvalue weighted by Crippen LogP contribution is -2.32. The fourth-order valence-electron chi connectivity index (χ4n) is 2.66. The van der Waals surface area contributed by atoms with Crippen LogP contribution in [-0.2, 0) is 4.79 Å². The number of carbonyl (C=O) groups excluding carboxylic acids is 1. The van der Waals surface area contributed by atoms with Gasteiger partial charge in [0.05, 0.1) is 25.5 Å². The number of hydrogen-bond donors (Lipinski definition) is 1. The Morgan fingerprint density at radius 1 is 1.22 bits per heavy atom. The lowest BCUT2D eigenvalue weighted by molar-refractivity contribution is -0.129. The third-order valence-electron chi connectivity index (χ3n) is 3.92. The molecule has 5 heteroatoms. The first-order valence-electron chi connectivity index (χ1n) is 7.47. The fraction of sp³-hybridized carbons (Fsp3) is 0.278. The second-order valence-electron chi connectivity index (χ2n) is 5.41. The number of β-amino-alcohol motifs (C(OH)–C–C–N with tert-alkyl or cyclic N) is 1. The Hall–Kier alpha value is -1.98. The van der Waals surface area contributed by atoms with Crippen molar-refractivity contribution in [2.75, 3.05) is 19.4 Å². The Morgan fingerprint density at radius 2 is 1.91 bits per heavy atom. The van der Waals surface area contributed by atoms with Gasteiger partial charge in [-0.05, 0) is 23.3 Å². The molecule has 0 saturated carbocycles. The van der Waals surface area contributed by atoms with Gasteiger partial charge in [-0.3, -0.25) is 4.79 Å². The van der Waals surface area contributed by atoms with Crippen LogP contribution in [0.4, 0.5) is 0 Å². The van der Waals surface area contributed by atoms with Gasteiger partial charge in [0, 0.05) is 0 Å². The van der Waals surface area contributed by atoms with Crippen molar-refractivity contribution in [2.24, 2.45) is 0 Å². The lowest BCUT2D eigenvalue weighted by Gasteiger charge is -2.27. The number of aliphatic hydroxyl groups excluding tert-OH is 1. The minimum atomic E-state index is -0.681. The molecule has 1 saturated heterocycles. The zero-order valence-electron chi connectivity index (χ0n) is 12.9. The largest absolute Gasteiger partial charge is 0.497 e. The van der Waals surface area contributed by atoms with Crippen LogP contribution in [0.15, 0.2) is 54.6 Å². The molecule has 2 aromatic carbocycles. The molecule has 0 aliphatic carbocycles. The number of hydrogen-bond acceptors (Lipinski definition) is 4. The molecule has 2 aromatic rings. The predicted octanol–water partition coefficient (Wildman–Crippen LogP) is 3.00. The summed E-state index contributed by atoms with van der Waals surface area (Å²) in [4.78, 5) is 14.0. The van der Waals surface area contributed by atoms with Crippen molar-refractivity contribution in [1.29, 1.82) is 0 Å². The average Bonchev–Trinajstić information content (AvgIpc) is 2.96. The average molecular weight is 329 g/mol. The number of amides is 1. The van der Waals surface area contributed by atoms with Crippen LogP contribution in [0, 0.1) is 0 Å². The van der Waals surface area contributed by atoms with E-state index < -0.39 is 6.10 Å². The molecule has 1 amide bonds. The summed E-state index contributed by atoms with van der Waals surface area (Å²) in [6, 6.07) is 17.2. The number of nitrogens with zero attached hydrogens (tertiary/aromatic N) is 1. The fourth-order valence-corrected chi connectivity index (χ4v) is 3.86. The topological polar surface area (TPSA) is 49.8 Å². The van der Waals surface area contributed by atoms with Gasteiger partial charge in [-0.2, -0.15) is 0 Å². The van der Waals surface area contributed by atoms with Crippen molar-refractivity contribution in [1.82, 2.24) is 4.90 Å². The molecule has 1 aliphatic rings. The summed E-state index contributed by atoms with van der Waals surface area (Å²) in [5.74, 6) is 1.29. The van der Waals surface area contributed by atoms with Crippen LogP contribution < -0.4 is 4.74 Å². The summed E-state index contributed by atoms with van der Waals surface area (Å²) in [6.07, 6.45) is -0.681. The molecule has 2 unspecified atom stereocenters. The van der Waals surface area contributed by atoms with Crippen LogP contribution in [0.3, 0.4) is 0 Å². The Labute approximate surface area is 140 Å². The molecule has 0 spiro atoms. The minimum absolute atomic E-state index is 0.0609. The molecule has 2 atom stereocenters. The second-order valence-corrected chi connectivity index (χ2v) is 6.48. The van der Waals surface area contributed by atoms with Crippen molar-refractivity contribution >= 4 is 17.7 Å². The van der Waals surface area contributed by atoms with E-state index in [2.05, 4.69) is 0 Å². The first kappa shape index (κ1) is 15.9. The van der Waals surface area contributed by atoms with Crippen molar-refractivity contribution in [2.45, 2.75) is 11.5 Å². The molecule has 4 nitrogen and oxygen atoms in total. The van der Waals surface area contributed by atoms with Crippen molar-refractivity contribution < 1.29 is 14.6 Å². The van der Waals surface area contributed by atoms with E-state index in [1.807, 2.05) is 54.6 Å². The Balaban J connectivity index is 1.76. The zero-order chi connectivity index (χ0) is 16.2. The maximum atomic E-state index is 12.2. The van der Waals surface area contributed by atoms with Gasteiger partial charge in [0.1, 0.15) is 11.1 Å². The highest BCUT2D eigenvalue weighted by Gasteiger charge is 2.34. The molecule has 3 rings (SSSR count). The number of aliphatic hydroxyl groups is 1. The third kappa shape index (κ3) is 3.51. The van der Waals surface area contributed by atoms with Gasteiger partial charge in [0.2, 0.25) is 5.91 Å². The summed E-state index contributed by atoms with van der Waals surface area (Å²) >= 11 is 1.59. The van der Waals surface area contributed by atoms with Gasteiger partial charge in [-0.25, -0.2) is 0 Å². The molecule has 1 heterocycles. The monoisotopic (exact) mass is 329 g/mol. The van der Waals surface area contributed by atoms with Gasteiger partial charge < -0.3 is 14.7 Å². The number of ether oxygens (including phenoxy) is 1. The van der Waals surface area contributed by atoms with Crippen LogP contribution >= 0.6 is 11.8 Å². The first-order chi connectivity index (χ1) is 11.2. The molecule has 1 N–H and O–H groups in total. The molecular weight excluding hydrogens is 310 g/mol. The summed E-state index contributed by atoms with van der Waals surface area (Å²) < 4.78 is 5.17. The van der Waals surface area contributed by atoms with Gasteiger partial charge in [0.25, 0.3) is 0 Å². The van der Waals surface area contributed by atoms with E-state index in [-0.39, 0.29) is 11.3 Å². The Kier molecular flexibility index (Phi) is 4.88. The van der Waals surface area contributed by atoms with E-state index >= 15 is 0 Å². The Bertz CT molecular complexity index is 660. The number of benzene rings is 2. The molecule has 0 aromatic heterocycles. The predicted molar refractivity (Wildman–Crippen MR) is 91.3 cm³/mol. The second kappa shape index (κ2) is 7.06. The molecule has 0 bridgehead atoms. The van der Waals surface area contributed by atoms with Crippen LogP contribution in [0.2, 0.25) is 0 Å². The summed E-state index contributed by atoms with van der Waals surface area (Å²) in [5, 5.41) is 10.4. The summed E-state index contributed by atoms with van der Waals surface area (Å²) in [5.41, 5.74) is 1.87. The summed E-state index contributed by atoms with van der Waals surface area (Å²) in [6.45, 7) is 0.298. The van der Waals surface area contributed by atoms with Gasteiger partial charge >= 0.3 is 0 Å². The van der Waals surface area contributed by atoms with Crippen LogP contribution in [0.5, 0.6) is 5.75 Å². The molecule has 23 heavy (non-hydrogen) atoms. The normalized spacial score (nSPS) is 19.0. The van der Waals surface area contributed by atoms with Gasteiger partial charge in [-0.15, -0.1) is 11.8 Å². The van der Waals surface area contributed by atoms with E-state index in [4.69, 9.17) is 4.74 Å². The van der Waals surface area contributed by atoms with Crippen molar-refractivity contribution in [3.63, 3.8) is 0 Å². The Morgan fingerprint density at radius 3 is 2.57 bits per heavy atom. The van der Waals surface area contributed by atoms with E-state index in [9.17, 15) is 9.90 Å². The van der Waals surface area contributed by atoms with E-state index in [0.29, 0.717) is 12.3 Å². The first-order valence-corrected chi connectivity index (χ1v) is 8.52. The van der Waals surface area contributed by atoms with Crippen LogP contribution in [-0.4, -0.2) is 35.3 Å². The quantitative estimate of drug-likeness (QED) is 0.916. The lowest BCUT2D eigenvalue weighted by atomic mass is 10.1. The van der Waals surface area contributed by atoms with Crippen molar-refractivity contribution in [3.05, 3.63) is 65.7 Å². The van der Waals surface area contributed by atoms with E-state index in [1.165, 1.54) is 0 Å². The number of rotatable bonds is 5. The highest BCUT2D eigenvalue weighted by molar-refractivity contribution is 8.00. The highest BCUT2D eigenvalue weighted by Crippen LogP contribution is 2.39. The zero-order valence-corrected chi connectivity index (χ0v) is 13.7. The minimum Gasteiger partial charge on any atom is -0.497 e. The van der Waals surface area contributed by atoms with E-state index in [0.717, 1.165) is 16.9 Å². The van der Waals surface area contributed by atoms with Crippen LogP contribution in [0.1, 0.15) is 22.6 Å². The molecule has 1 aliphatic heterocycles. The SMILES string of the molecule is COc1ccc(C2SCC(=O)N2CC(O)c2ccccc2)cc1. The van der Waals surface area contributed by atoms with E-state index in [1.54, 1.807) is 23.8 Å². The third-order valence-corrected chi connectivity index (χ3v) is 5.18. The number of carbonyl (C=O) groups is 1. The maximum Gasteiger partial charge on any atom is 0.233 e. The van der Waals surface area contributed by atoms with Gasteiger partial charge in [-0.1, -0.05) is 42.5 Å². The van der Waals surface area contributed by atoms with Gasteiger partial charge in [0.15, 0.2) is 0 Å². The molecule has 0 radical (unpaired) electrons. The smallest absolute Gasteiger partial charge is 0.233 e.